The van der Waals surface area contributed by atoms with Crippen LogP contribution >= 0.6 is 0 Å². The van der Waals surface area contributed by atoms with Gasteiger partial charge >= 0.3 is 0 Å². The Labute approximate surface area is 172 Å². The van der Waals surface area contributed by atoms with Gasteiger partial charge in [0.05, 0.1) is 0 Å². The number of fused-ring (bicyclic) bond motifs is 4. The lowest BCUT2D eigenvalue weighted by Gasteiger charge is -2.23. The topological polar surface area (TPSA) is 92.3 Å². The molecule has 0 aliphatic heterocycles. The summed E-state index contributed by atoms with van der Waals surface area (Å²) in [7, 11) is -7.92. The molecule has 6 nitrogen and oxygen atoms in total. The van der Waals surface area contributed by atoms with E-state index in [1.807, 2.05) is 0 Å². The molecule has 0 unspecified atom stereocenters. The molecular weight excluding hydrogens is 408 g/mol. The lowest BCUT2D eigenvalue weighted by Crippen LogP contribution is -2.40. The second-order valence-corrected chi connectivity index (χ2v) is 12.3. The summed E-state index contributed by atoms with van der Waals surface area (Å²) < 4.78 is 58.3. The molecule has 8 heteroatoms. The minimum Gasteiger partial charge on any atom is -0.207 e. The van der Waals surface area contributed by atoms with E-state index in [4.69, 9.17) is 0 Å². The zero-order valence-corrected chi connectivity index (χ0v) is 17.9. The van der Waals surface area contributed by atoms with Crippen LogP contribution in [-0.4, -0.2) is 28.9 Å². The third-order valence-corrected chi connectivity index (χ3v) is 10.1. The molecule has 156 valence electrons. The molecule has 0 heterocycles. The highest BCUT2D eigenvalue weighted by Crippen LogP contribution is 2.41. The standard InChI is InChI=1S/C21H26N2O4S2/c1-13-2-7-20(28(24,25)22-18-11-14-3-5-16(18)9-14)21(8-13)29(26,27)23-19-12-15-4-6-17(19)10-15/h2-8,14-19,22-23H,9-12H2,1H3/t14-,15-,16-,17-,18+,19-/m0/s1. The first-order chi connectivity index (χ1) is 13.7. The lowest BCUT2D eigenvalue weighted by atomic mass is 10.0. The minimum atomic E-state index is -3.96. The van der Waals surface area contributed by atoms with Gasteiger partial charge in [0, 0.05) is 12.1 Å². The van der Waals surface area contributed by atoms with Crippen molar-refractivity contribution >= 4 is 20.0 Å². The third-order valence-electron chi connectivity index (χ3n) is 6.85. The first-order valence-electron chi connectivity index (χ1n) is 10.2. The van der Waals surface area contributed by atoms with Crippen molar-refractivity contribution in [2.45, 2.75) is 54.5 Å². The highest BCUT2D eigenvalue weighted by Gasteiger charge is 2.41. The van der Waals surface area contributed by atoms with Crippen LogP contribution in [0.15, 0.2) is 52.3 Å². The summed E-state index contributed by atoms with van der Waals surface area (Å²) in [6, 6.07) is 4.18. The molecule has 4 bridgehead atoms. The number of benzene rings is 1. The van der Waals surface area contributed by atoms with Gasteiger partial charge < -0.3 is 0 Å². The van der Waals surface area contributed by atoms with Crippen LogP contribution in [0.1, 0.15) is 31.2 Å². The van der Waals surface area contributed by atoms with Crippen LogP contribution in [0.5, 0.6) is 0 Å². The van der Waals surface area contributed by atoms with E-state index in [1.165, 1.54) is 12.1 Å². The van der Waals surface area contributed by atoms with E-state index < -0.39 is 20.0 Å². The summed E-state index contributed by atoms with van der Waals surface area (Å²) in [5.74, 6) is 1.22. The summed E-state index contributed by atoms with van der Waals surface area (Å²) >= 11 is 0. The normalized spacial score (nSPS) is 35.1. The van der Waals surface area contributed by atoms with Crippen LogP contribution in [0.25, 0.3) is 0 Å². The molecule has 0 radical (unpaired) electrons. The lowest BCUT2D eigenvalue weighted by molar-refractivity contribution is 0.495. The smallest absolute Gasteiger partial charge is 0.207 e. The second kappa shape index (κ2) is 6.77. The summed E-state index contributed by atoms with van der Waals surface area (Å²) in [5.41, 5.74) is 0.708. The van der Waals surface area contributed by atoms with E-state index in [-0.39, 0.29) is 33.7 Å². The molecular formula is C21H26N2O4S2. The van der Waals surface area contributed by atoms with Crippen LogP contribution in [0.4, 0.5) is 0 Å². The van der Waals surface area contributed by atoms with Crippen LogP contribution in [0.3, 0.4) is 0 Å². The third kappa shape index (κ3) is 3.50. The van der Waals surface area contributed by atoms with Crippen molar-refractivity contribution in [1.82, 2.24) is 9.44 Å². The van der Waals surface area contributed by atoms with Crippen LogP contribution in [0, 0.1) is 30.6 Å². The van der Waals surface area contributed by atoms with Gasteiger partial charge in [0.1, 0.15) is 9.79 Å². The summed E-state index contributed by atoms with van der Waals surface area (Å²) in [4.78, 5) is -0.323. The van der Waals surface area contributed by atoms with Crippen molar-refractivity contribution in [3.8, 4) is 0 Å². The number of nitrogens with one attached hydrogen (secondary N) is 2. The van der Waals surface area contributed by atoms with Gasteiger partial charge in [0.15, 0.2) is 0 Å². The number of allylic oxidation sites excluding steroid dienone is 2. The molecule has 0 aromatic heterocycles. The second-order valence-electron chi connectivity index (χ2n) is 8.97. The predicted molar refractivity (Wildman–Crippen MR) is 110 cm³/mol. The predicted octanol–water partition coefficient (Wildman–Crippen LogP) is 2.48. The van der Waals surface area contributed by atoms with Gasteiger partial charge in [0.25, 0.3) is 0 Å². The van der Waals surface area contributed by atoms with Crippen molar-refractivity contribution in [1.29, 1.82) is 0 Å². The van der Waals surface area contributed by atoms with E-state index in [9.17, 15) is 16.8 Å². The number of rotatable bonds is 6. The number of sulfonamides is 2. The highest BCUT2D eigenvalue weighted by molar-refractivity contribution is 7.92. The van der Waals surface area contributed by atoms with Gasteiger partial charge in [-0.2, -0.15) is 0 Å². The molecule has 2 saturated carbocycles. The molecule has 6 atom stereocenters. The Morgan fingerprint density at radius 2 is 1.24 bits per heavy atom. The maximum absolute atomic E-state index is 13.2. The fraction of sp³-hybridized carbons (Fsp3) is 0.524. The van der Waals surface area contributed by atoms with Crippen molar-refractivity contribution in [3.05, 3.63) is 48.1 Å². The Kier molecular flexibility index (Phi) is 4.55. The van der Waals surface area contributed by atoms with Gasteiger partial charge in [-0.05, 0) is 74.0 Å². The molecule has 0 amide bonds. The average molecular weight is 435 g/mol. The van der Waals surface area contributed by atoms with Crippen molar-refractivity contribution in [3.63, 3.8) is 0 Å². The molecule has 5 rings (SSSR count). The molecule has 0 saturated heterocycles. The molecule has 29 heavy (non-hydrogen) atoms. The molecule has 1 aromatic rings. The fourth-order valence-electron chi connectivity index (χ4n) is 5.41. The van der Waals surface area contributed by atoms with Crippen molar-refractivity contribution in [2.24, 2.45) is 23.7 Å². The number of aryl methyl sites for hydroxylation is 1. The Balaban J connectivity index is 1.45. The zero-order valence-electron chi connectivity index (χ0n) is 16.3. The van der Waals surface area contributed by atoms with Crippen LogP contribution in [-0.2, 0) is 20.0 Å². The Morgan fingerprint density at radius 3 is 1.69 bits per heavy atom. The first-order valence-corrected chi connectivity index (χ1v) is 13.2. The summed E-state index contributed by atoms with van der Waals surface area (Å²) in [6.45, 7) is 1.77. The minimum absolute atomic E-state index is 0.157. The molecule has 0 spiro atoms. The molecule has 2 fully saturated rings. The van der Waals surface area contributed by atoms with Crippen molar-refractivity contribution in [2.75, 3.05) is 0 Å². The molecule has 1 aromatic carbocycles. The maximum Gasteiger partial charge on any atom is 0.242 e. The van der Waals surface area contributed by atoms with Crippen molar-refractivity contribution < 1.29 is 16.8 Å². The Morgan fingerprint density at radius 1 is 0.724 bits per heavy atom. The van der Waals surface area contributed by atoms with Gasteiger partial charge in [-0.3, -0.25) is 0 Å². The van der Waals surface area contributed by atoms with Crippen LogP contribution in [0.2, 0.25) is 0 Å². The first kappa shape index (κ1) is 19.5. The van der Waals surface area contributed by atoms with Gasteiger partial charge in [0.2, 0.25) is 20.0 Å². The van der Waals surface area contributed by atoms with E-state index in [2.05, 4.69) is 33.7 Å². The largest absolute Gasteiger partial charge is 0.242 e. The van der Waals surface area contributed by atoms with Gasteiger partial charge in [-0.25, -0.2) is 26.3 Å². The van der Waals surface area contributed by atoms with E-state index >= 15 is 0 Å². The Hall–Kier alpha value is -1.48. The molecule has 2 N–H and O–H groups in total. The maximum atomic E-state index is 13.2. The molecule has 4 aliphatic rings. The SMILES string of the molecule is Cc1ccc(S(=O)(=O)N[C@@H]2C[C@H]3C=C[C@H]2C3)c(S(=O)(=O)N[C@H]2C[C@H]3C=C[C@H]2C3)c1. The van der Waals surface area contributed by atoms with E-state index in [1.54, 1.807) is 13.0 Å². The fourth-order valence-corrected chi connectivity index (χ4v) is 8.90. The number of hydrogen-bond donors (Lipinski definition) is 2. The highest BCUT2D eigenvalue weighted by atomic mass is 32.2. The number of hydrogen-bond acceptors (Lipinski definition) is 4. The molecule has 4 aliphatic carbocycles. The van der Waals surface area contributed by atoms with E-state index in [0.717, 1.165) is 25.7 Å². The van der Waals surface area contributed by atoms with Gasteiger partial charge in [-0.1, -0.05) is 30.4 Å². The summed E-state index contributed by atoms with van der Waals surface area (Å²) in [6.07, 6.45) is 11.9. The summed E-state index contributed by atoms with van der Waals surface area (Å²) in [5, 5.41) is 0. The monoisotopic (exact) mass is 434 g/mol. The Bertz CT molecular complexity index is 1110. The van der Waals surface area contributed by atoms with E-state index in [0.29, 0.717) is 17.4 Å². The quantitative estimate of drug-likeness (QED) is 0.673. The zero-order chi connectivity index (χ0) is 20.4. The average Bonchev–Trinajstić information content (AvgIpc) is 3.42. The van der Waals surface area contributed by atoms with Gasteiger partial charge in [-0.15, -0.1) is 0 Å². The van der Waals surface area contributed by atoms with Crippen LogP contribution < -0.4 is 9.44 Å².